The van der Waals surface area contributed by atoms with E-state index in [0.29, 0.717) is 22.9 Å². The molecular formula is C25H19ClN2O2. The molecule has 0 aliphatic rings. The Morgan fingerprint density at radius 1 is 0.900 bits per heavy atom. The minimum atomic E-state index is -0.335. The molecule has 0 unspecified atom stereocenters. The summed E-state index contributed by atoms with van der Waals surface area (Å²) in [7, 11) is 0. The van der Waals surface area contributed by atoms with E-state index in [2.05, 4.69) is 10.5 Å². The second kappa shape index (κ2) is 9.25. The van der Waals surface area contributed by atoms with Gasteiger partial charge in [-0.3, -0.25) is 4.79 Å². The molecule has 0 spiro atoms. The van der Waals surface area contributed by atoms with Gasteiger partial charge in [0.2, 0.25) is 0 Å². The number of benzene rings is 4. The van der Waals surface area contributed by atoms with Gasteiger partial charge in [0, 0.05) is 10.6 Å². The zero-order valence-corrected chi connectivity index (χ0v) is 16.8. The maximum Gasteiger partial charge on any atom is 0.275 e. The molecule has 4 nitrogen and oxygen atoms in total. The number of hydrogen-bond donors (Lipinski definition) is 1. The highest BCUT2D eigenvalue weighted by molar-refractivity contribution is 6.30. The number of rotatable bonds is 6. The zero-order valence-electron chi connectivity index (χ0n) is 16.1. The van der Waals surface area contributed by atoms with Crippen molar-refractivity contribution in [1.29, 1.82) is 0 Å². The Kier molecular flexibility index (Phi) is 6.06. The van der Waals surface area contributed by atoms with Crippen molar-refractivity contribution in [3.63, 3.8) is 0 Å². The molecule has 148 valence electrons. The smallest absolute Gasteiger partial charge is 0.275 e. The summed E-state index contributed by atoms with van der Waals surface area (Å²) in [5.74, 6) is 0.156. The lowest BCUT2D eigenvalue weighted by molar-refractivity contribution is 0.0950. The van der Waals surface area contributed by atoms with Crippen molar-refractivity contribution in [3.8, 4) is 5.75 Å². The van der Waals surface area contributed by atoms with Crippen LogP contribution in [0.3, 0.4) is 0 Å². The summed E-state index contributed by atoms with van der Waals surface area (Å²) < 4.78 is 5.85. The van der Waals surface area contributed by atoms with E-state index in [1.54, 1.807) is 36.5 Å². The average molecular weight is 415 g/mol. The Balaban J connectivity index is 1.45. The maximum absolute atomic E-state index is 12.7. The Morgan fingerprint density at radius 3 is 2.50 bits per heavy atom. The normalized spacial score (nSPS) is 11.0. The van der Waals surface area contributed by atoms with Gasteiger partial charge in [-0.15, -0.1) is 0 Å². The van der Waals surface area contributed by atoms with Gasteiger partial charge in [-0.05, 0) is 40.6 Å². The van der Waals surface area contributed by atoms with Crippen LogP contribution in [-0.2, 0) is 6.61 Å². The molecule has 1 amide bonds. The molecule has 0 atom stereocenters. The quantitative estimate of drug-likeness (QED) is 0.318. The highest BCUT2D eigenvalue weighted by Crippen LogP contribution is 2.20. The second-order valence-corrected chi connectivity index (χ2v) is 7.12. The summed E-state index contributed by atoms with van der Waals surface area (Å²) in [4.78, 5) is 12.7. The fraction of sp³-hybridized carbons (Fsp3) is 0.0400. The highest BCUT2D eigenvalue weighted by atomic mass is 35.5. The third-order valence-electron chi connectivity index (χ3n) is 4.63. The lowest BCUT2D eigenvalue weighted by atomic mass is 10.1. The predicted octanol–water partition coefficient (Wildman–Crippen LogP) is 5.84. The number of hydrazone groups is 1. The average Bonchev–Trinajstić information content (AvgIpc) is 2.79. The lowest BCUT2D eigenvalue weighted by Gasteiger charge is -2.10. The Morgan fingerprint density at radius 2 is 1.63 bits per heavy atom. The number of ether oxygens (including phenoxy) is 1. The number of carbonyl (C=O) groups excluding carboxylic acids is 1. The minimum absolute atomic E-state index is 0.334. The molecule has 0 fully saturated rings. The van der Waals surface area contributed by atoms with Crippen molar-refractivity contribution < 1.29 is 9.53 Å². The van der Waals surface area contributed by atoms with E-state index in [4.69, 9.17) is 16.3 Å². The van der Waals surface area contributed by atoms with E-state index < -0.39 is 0 Å². The molecule has 4 aromatic rings. The van der Waals surface area contributed by atoms with Crippen LogP contribution in [0.4, 0.5) is 0 Å². The largest absolute Gasteiger partial charge is 0.488 e. The molecule has 0 radical (unpaired) electrons. The molecule has 0 aliphatic carbocycles. The fourth-order valence-electron chi connectivity index (χ4n) is 3.11. The standard InChI is InChI=1S/C25H19ClN2O2/c26-21-14-12-18(13-15-21)17-30-24-11-4-3-10-23(24)25(29)28-27-16-20-8-5-7-19-6-1-2-9-22(19)20/h1-16H,17H2,(H,28,29). The summed E-state index contributed by atoms with van der Waals surface area (Å²) in [5, 5.41) is 7.00. The van der Waals surface area contributed by atoms with E-state index in [1.807, 2.05) is 60.7 Å². The predicted molar refractivity (Wildman–Crippen MR) is 121 cm³/mol. The van der Waals surface area contributed by atoms with Crippen LogP contribution in [0.15, 0.2) is 96.1 Å². The third-order valence-corrected chi connectivity index (χ3v) is 4.88. The molecule has 0 aliphatic heterocycles. The molecule has 4 rings (SSSR count). The first-order valence-corrected chi connectivity index (χ1v) is 9.86. The summed E-state index contributed by atoms with van der Waals surface area (Å²) in [5.41, 5.74) is 4.90. The molecule has 0 heterocycles. The number of hydrogen-bond acceptors (Lipinski definition) is 3. The van der Waals surface area contributed by atoms with Crippen LogP contribution in [0.1, 0.15) is 21.5 Å². The molecule has 4 aromatic carbocycles. The second-order valence-electron chi connectivity index (χ2n) is 6.68. The zero-order chi connectivity index (χ0) is 20.8. The van der Waals surface area contributed by atoms with Crippen LogP contribution in [-0.4, -0.2) is 12.1 Å². The molecule has 0 saturated heterocycles. The molecule has 30 heavy (non-hydrogen) atoms. The SMILES string of the molecule is O=C(NN=Cc1cccc2ccccc12)c1ccccc1OCc1ccc(Cl)cc1. The van der Waals surface area contributed by atoms with Crippen LogP contribution < -0.4 is 10.2 Å². The number of para-hydroxylation sites is 1. The van der Waals surface area contributed by atoms with Gasteiger partial charge in [0.1, 0.15) is 12.4 Å². The first-order chi connectivity index (χ1) is 14.7. The van der Waals surface area contributed by atoms with Gasteiger partial charge in [-0.25, -0.2) is 5.43 Å². The van der Waals surface area contributed by atoms with Gasteiger partial charge in [0.25, 0.3) is 5.91 Å². The number of amides is 1. The lowest BCUT2D eigenvalue weighted by Crippen LogP contribution is -2.18. The Bertz CT molecular complexity index is 1200. The van der Waals surface area contributed by atoms with E-state index in [-0.39, 0.29) is 5.91 Å². The Labute approximate surface area is 179 Å². The van der Waals surface area contributed by atoms with Crippen molar-refractivity contribution >= 4 is 34.5 Å². The Hall–Kier alpha value is -3.63. The van der Waals surface area contributed by atoms with Crippen LogP contribution in [0.2, 0.25) is 5.02 Å². The van der Waals surface area contributed by atoms with Gasteiger partial charge in [0.05, 0.1) is 11.8 Å². The van der Waals surface area contributed by atoms with Crippen LogP contribution >= 0.6 is 11.6 Å². The van der Waals surface area contributed by atoms with Gasteiger partial charge in [0.15, 0.2) is 0 Å². The number of fused-ring (bicyclic) bond motifs is 1. The monoisotopic (exact) mass is 414 g/mol. The minimum Gasteiger partial charge on any atom is -0.488 e. The van der Waals surface area contributed by atoms with E-state index in [1.165, 1.54) is 0 Å². The molecule has 0 saturated carbocycles. The fourth-order valence-corrected chi connectivity index (χ4v) is 3.23. The first-order valence-electron chi connectivity index (χ1n) is 9.48. The van der Waals surface area contributed by atoms with Crippen molar-refractivity contribution in [2.75, 3.05) is 0 Å². The number of halogens is 1. The van der Waals surface area contributed by atoms with E-state index >= 15 is 0 Å². The van der Waals surface area contributed by atoms with Gasteiger partial charge in [-0.1, -0.05) is 78.3 Å². The van der Waals surface area contributed by atoms with E-state index in [9.17, 15) is 4.79 Å². The molecule has 0 bridgehead atoms. The van der Waals surface area contributed by atoms with E-state index in [0.717, 1.165) is 21.9 Å². The molecule has 1 N–H and O–H groups in total. The van der Waals surface area contributed by atoms with Crippen LogP contribution in [0.5, 0.6) is 5.75 Å². The molecule has 0 aromatic heterocycles. The van der Waals surface area contributed by atoms with Gasteiger partial charge >= 0.3 is 0 Å². The molecule has 5 heteroatoms. The summed E-state index contributed by atoms with van der Waals surface area (Å²) >= 11 is 5.91. The topological polar surface area (TPSA) is 50.7 Å². The van der Waals surface area contributed by atoms with Gasteiger partial charge in [-0.2, -0.15) is 5.10 Å². The summed E-state index contributed by atoms with van der Waals surface area (Å²) in [6.07, 6.45) is 1.65. The summed E-state index contributed by atoms with van der Waals surface area (Å²) in [6, 6.07) is 28.5. The number of nitrogens with one attached hydrogen (secondary N) is 1. The highest BCUT2D eigenvalue weighted by Gasteiger charge is 2.11. The third kappa shape index (κ3) is 4.67. The van der Waals surface area contributed by atoms with Crippen LogP contribution in [0.25, 0.3) is 10.8 Å². The van der Waals surface area contributed by atoms with Crippen molar-refractivity contribution in [2.24, 2.45) is 5.10 Å². The number of carbonyl (C=O) groups is 1. The molecular weight excluding hydrogens is 396 g/mol. The van der Waals surface area contributed by atoms with Crippen LogP contribution in [0, 0.1) is 0 Å². The summed E-state index contributed by atoms with van der Waals surface area (Å²) in [6.45, 7) is 0.334. The van der Waals surface area contributed by atoms with Crippen molar-refractivity contribution in [2.45, 2.75) is 6.61 Å². The van der Waals surface area contributed by atoms with Gasteiger partial charge < -0.3 is 4.74 Å². The first kappa shape index (κ1) is 19.7. The number of nitrogens with zero attached hydrogens (tertiary/aromatic N) is 1. The maximum atomic E-state index is 12.7. The van der Waals surface area contributed by atoms with Crippen molar-refractivity contribution in [1.82, 2.24) is 5.43 Å². The van der Waals surface area contributed by atoms with Crippen molar-refractivity contribution in [3.05, 3.63) is 113 Å².